The van der Waals surface area contributed by atoms with E-state index in [1.165, 1.54) is 4.88 Å². The molecule has 152 valence electrons. The standard InChI is InChI=1S/C23H27N3O2S/c1-23(2,3)16-7-4-5-9-19(16)28-21-18(8-6-12-24-21)26-22-25-17-11-10-15(14-27)13-20(17)29-22/h4-9,12,15,27H,10-11,13-14H2,1-3H3,(H,25,26). The van der Waals surface area contributed by atoms with E-state index in [0.29, 0.717) is 11.8 Å². The Labute approximate surface area is 175 Å². The van der Waals surface area contributed by atoms with Crippen molar-refractivity contribution >= 4 is 22.2 Å². The minimum absolute atomic E-state index is 0.0312. The molecule has 0 bridgehead atoms. The van der Waals surface area contributed by atoms with E-state index in [4.69, 9.17) is 9.72 Å². The fraction of sp³-hybridized carbons (Fsp3) is 0.391. The van der Waals surface area contributed by atoms with Crippen LogP contribution in [0.25, 0.3) is 0 Å². The van der Waals surface area contributed by atoms with Crippen LogP contribution in [0.3, 0.4) is 0 Å². The van der Waals surface area contributed by atoms with Crippen LogP contribution in [0, 0.1) is 5.92 Å². The van der Waals surface area contributed by atoms with Crippen molar-refractivity contribution in [1.82, 2.24) is 9.97 Å². The lowest BCUT2D eigenvalue weighted by molar-refractivity contribution is 0.214. The Bertz CT molecular complexity index is 994. The summed E-state index contributed by atoms with van der Waals surface area (Å²) in [4.78, 5) is 10.5. The Morgan fingerprint density at radius 3 is 2.83 bits per heavy atom. The van der Waals surface area contributed by atoms with E-state index in [-0.39, 0.29) is 12.0 Å². The average Bonchev–Trinajstić information content (AvgIpc) is 3.10. The number of aliphatic hydroxyl groups is 1. The second-order valence-electron chi connectivity index (χ2n) is 8.51. The Morgan fingerprint density at radius 2 is 2.03 bits per heavy atom. The fourth-order valence-electron chi connectivity index (χ4n) is 3.61. The Balaban J connectivity index is 1.59. The molecule has 0 amide bonds. The highest BCUT2D eigenvalue weighted by molar-refractivity contribution is 7.15. The third-order valence-corrected chi connectivity index (χ3v) is 6.25. The van der Waals surface area contributed by atoms with Gasteiger partial charge in [-0.1, -0.05) is 39.0 Å². The predicted octanol–water partition coefficient (Wildman–Crippen LogP) is 5.47. The van der Waals surface area contributed by atoms with E-state index in [9.17, 15) is 5.11 Å². The van der Waals surface area contributed by atoms with Gasteiger partial charge in [-0.25, -0.2) is 9.97 Å². The number of ether oxygens (including phenoxy) is 1. The summed E-state index contributed by atoms with van der Waals surface area (Å²) in [5, 5.41) is 13.7. The van der Waals surface area contributed by atoms with Crippen LogP contribution < -0.4 is 10.1 Å². The first-order chi connectivity index (χ1) is 13.9. The van der Waals surface area contributed by atoms with E-state index in [2.05, 4.69) is 37.1 Å². The number of nitrogens with zero attached hydrogens (tertiary/aromatic N) is 2. The first-order valence-electron chi connectivity index (χ1n) is 10.0. The summed E-state index contributed by atoms with van der Waals surface area (Å²) in [5.41, 5.74) is 3.04. The number of hydrogen-bond donors (Lipinski definition) is 2. The SMILES string of the molecule is CC(C)(C)c1ccccc1Oc1ncccc1Nc1nc2c(s1)CC(CO)CC2. The summed E-state index contributed by atoms with van der Waals surface area (Å²) in [7, 11) is 0. The van der Waals surface area contributed by atoms with Gasteiger partial charge in [-0.15, -0.1) is 11.3 Å². The number of benzene rings is 1. The summed E-state index contributed by atoms with van der Waals surface area (Å²) >= 11 is 1.66. The van der Waals surface area contributed by atoms with Crippen molar-refractivity contribution in [2.45, 2.75) is 45.4 Å². The van der Waals surface area contributed by atoms with E-state index >= 15 is 0 Å². The minimum atomic E-state index is -0.0312. The number of pyridine rings is 1. The van der Waals surface area contributed by atoms with Gasteiger partial charge >= 0.3 is 0 Å². The first kappa shape index (κ1) is 19.9. The third-order valence-electron chi connectivity index (χ3n) is 5.21. The van der Waals surface area contributed by atoms with Crippen molar-refractivity contribution < 1.29 is 9.84 Å². The van der Waals surface area contributed by atoms with Crippen LogP contribution in [0.4, 0.5) is 10.8 Å². The van der Waals surface area contributed by atoms with Gasteiger partial charge < -0.3 is 15.2 Å². The zero-order valence-electron chi connectivity index (χ0n) is 17.1. The van der Waals surface area contributed by atoms with Gasteiger partial charge in [0.25, 0.3) is 0 Å². The molecular formula is C23H27N3O2S. The van der Waals surface area contributed by atoms with Crippen molar-refractivity contribution in [2.75, 3.05) is 11.9 Å². The van der Waals surface area contributed by atoms with Gasteiger partial charge in [-0.05, 0) is 48.8 Å². The van der Waals surface area contributed by atoms with Crippen LogP contribution in [-0.2, 0) is 18.3 Å². The number of aryl methyl sites for hydroxylation is 1. The van der Waals surface area contributed by atoms with Gasteiger partial charge in [0.2, 0.25) is 5.88 Å². The maximum atomic E-state index is 9.46. The molecular weight excluding hydrogens is 382 g/mol. The van der Waals surface area contributed by atoms with E-state index in [1.807, 2.05) is 30.3 Å². The second-order valence-corrected chi connectivity index (χ2v) is 9.59. The van der Waals surface area contributed by atoms with Gasteiger partial charge in [-0.3, -0.25) is 0 Å². The van der Waals surface area contributed by atoms with Crippen LogP contribution in [-0.4, -0.2) is 21.7 Å². The second kappa shape index (κ2) is 8.13. The third kappa shape index (κ3) is 4.43. The molecule has 2 heterocycles. The van der Waals surface area contributed by atoms with Gasteiger partial charge in [0, 0.05) is 23.2 Å². The van der Waals surface area contributed by atoms with Crippen LogP contribution in [0.5, 0.6) is 11.6 Å². The molecule has 0 spiro atoms. The van der Waals surface area contributed by atoms with Crippen molar-refractivity contribution in [3.8, 4) is 11.6 Å². The summed E-state index contributed by atoms with van der Waals surface area (Å²) in [6, 6.07) is 11.9. The van der Waals surface area contributed by atoms with E-state index < -0.39 is 0 Å². The molecule has 0 radical (unpaired) electrons. The number of hydrogen-bond acceptors (Lipinski definition) is 6. The lowest BCUT2D eigenvalue weighted by Crippen LogP contribution is -2.16. The molecule has 3 aromatic rings. The van der Waals surface area contributed by atoms with E-state index in [1.54, 1.807) is 17.5 Å². The molecule has 6 heteroatoms. The quantitative estimate of drug-likeness (QED) is 0.585. The van der Waals surface area contributed by atoms with Gasteiger partial charge in [0.1, 0.15) is 11.4 Å². The number of aromatic nitrogens is 2. The Kier molecular flexibility index (Phi) is 5.56. The van der Waals surface area contributed by atoms with Crippen LogP contribution in [0.1, 0.15) is 43.3 Å². The minimum Gasteiger partial charge on any atom is -0.437 e. The predicted molar refractivity (Wildman–Crippen MR) is 117 cm³/mol. The summed E-state index contributed by atoms with van der Waals surface area (Å²) in [5.74, 6) is 1.69. The van der Waals surface area contributed by atoms with Crippen molar-refractivity contribution in [2.24, 2.45) is 5.92 Å². The van der Waals surface area contributed by atoms with Crippen LogP contribution >= 0.6 is 11.3 Å². The van der Waals surface area contributed by atoms with Gasteiger partial charge in [-0.2, -0.15) is 0 Å². The van der Waals surface area contributed by atoms with Crippen LogP contribution in [0.15, 0.2) is 42.6 Å². The molecule has 1 unspecified atom stereocenters. The van der Waals surface area contributed by atoms with E-state index in [0.717, 1.165) is 47.1 Å². The van der Waals surface area contributed by atoms with Crippen molar-refractivity contribution in [3.05, 3.63) is 58.7 Å². The number of nitrogens with one attached hydrogen (secondary N) is 1. The molecule has 5 nitrogen and oxygen atoms in total. The molecule has 0 fully saturated rings. The van der Waals surface area contributed by atoms with Gasteiger partial charge in [0.15, 0.2) is 5.13 Å². The molecule has 4 rings (SSSR count). The lowest BCUT2D eigenvalue weighted by atomic mass is 9.86. The molecule has 1 atom stereocenters. The number of rotatable bonds is 5. The van der Waals surface area contributed by atoms with Crippen molar-refractivity contribution in [1.29, 1.82) is 0 Å². The normalized spacial score (nSPS) is 16.3. The molecule has 29 heavy (non-hydrogen) atoms. The number of para-hydroxylation sites is 1. The number of fused-ring (bicyclic) bond motifs is 1. The highest BCUT2D eigenvalue weighted by atomic mass is 32.1. The van der Waals surface area contributed by atoms with Gasteiger partial charge in [0.05, 0.1) is 5.69 Å². The largest absolute Gasteiger partial charge is 0.437 e. The first-order valence-corrected chi connectivity index (χ1v) is 10.8. The summed E-state index contributed by atoms with van der Waals surface area (Å²) < 4.78 is 6.25. The Morgan fingerprint density at radius 1 is 1.21 bits per heavy atom. The maximum Gasteiger partial charge on any atom is 0.243 e. The lowest BCUT2D eigenvalue weighted by Gasteiger charge is -2.22. The molecule has 0 saturated heterocycles. The van der Waals surface area contributed by atoms with Crippen LogP contribution in [0.2, 0.25) is 0 Å². The molecule has 1 aliphatic carbocycles. The molecule has 1 aliphatic rings. The number of anilines is 2. The molecule has 0 saturated carbocycles. The maximum absolute atomic E-state index is 9.46. The Hall–Kier alpha value is -2.44. The zero-order valence-corrected chi connectivity index (χ0v) is 17.9. The average molecular weight is 410 g/mol. The highest BCUT2D eigenvalue weighted by Gasteiger charge is 2.23. The molecule has 2 aromatic heterocycles. The molecule has 2 N–H and O–H groups in total. The number of thiazole rings is 1. The fourth-order valence-corrected chi connectivity index (χ4v) is 4.75. The molecule has 0 aliphatic heterocycles. The van der Waals surface area contributed by atoms with Crippen molar-refractivity contribution in [3.63, 3.8) is 0 Å². The summed E-state index contributed by atoms with van der Waals surface area (Å²) in [6.07, 6.45) is 4.56. The zero-order chi connectivity index (χ0) is 20.4. The smallest absolute Gasteiger partial charge is 0.243 e. The number of aliphatic hydroxyl groups excluding tert-OH is 1. The molecule has 1 aromatic carbocycles. The summed E-state index contributed by atoms with van der Waals surface area (Å²) in [6.45, 7) is 6.76. The topological polar surface area (TPSA) is 67.3 Å². The highest BCUT2D eigenvalue weighted by Crippen LogP contribution is 2.38. The monoisotopic (exact) mass is 409 g/mol.